The minimum atomic E-state index is -0.554. The fourth-order valence-corrected chi connectivity index (χ4v) is 7.25. The fraction of sp³-hybridized carbons (Fsp3) is 0.862. The van der Waals surface area contributed by atoms with Crippen LogP contribution < -0.4 is 0 Å². The minimum Gasteiger partial charge on any atom is -0.392 e. The number of allylic oxidation sites excluding steroid dienone is 3. The van der Waals surface area contributed by atoms with Crippen molar-refractivity contribution in [3.05, 3.63) is 23.3 Å². The average Bonchev–Trinajstić information content (AvgIpc) is 2.88. The summed E-state index contributed by atoms with van der Waals surface area (Å²) in [4.78, 5) is 0. The predicted molar refractivity (Wildman–Crippen MR) is 133 cm³/mol. The van der Waals surface area contributed by atoms with Gasteiger partial charge in [-0.1, -0.05) is 69.8 Å². The van der Waals surface area contributed by atoms with Crippen LogP contribution in [0.4, 0.5) is 0 Å². The summed E-state index contributed by atoms with van der Waals surface area (Å²) in [6.07, 6.45) is 17.5. The molecule has 0 aromatic heterocycles. The van der Waals surface area contributed by atoms with Crippen LogP contribution in [-0.4, -0.2) is 33.1 Å². The smallest absolute Gasteiger partial charge is 0.0627 e. The second-order valence-corrected chi connectivity index (χ2v) is 12.5. The summed E-state index contributed by atoms with van der Waals surface area (Å²) in [6, 6.07) is 0. The molecule has 32 heavy (non-hydrogen) atoms. The van der Waals surface area contributed by atoms with E-state index >= 15 is 0 Å². The first-order valence-corrected chi connectivity index (χ1v) is 13.5. The predicted octanol–water partition coefficient (Wildman–Crippen LogP) is 6.56. The van der Waals surface area contributed by atoms with E-state index in [1.807, 2.05) is 20.8 Å². The molecule has 3 fully saturated rings. The van der Waals surface area contributed by atoms with Crippen molar-refractivity contribution >= 4 is 0 Å². The van der Waals surface area contributed by atoms with Crippen LogP contribution in [0.2, 0.25) is 0 Å². The van der Waals surface area contributed by atoms with E-state index in [0.717, 1.165) is 18.8 Å². The monoisotopic (exact) mass is 446 g/mol. The number of aliphatic hydroxyl groups excluding tert-OH is 2. The van der Waals surface area contributed by atoms with Crippen LogP contribution in [0.1, 0.15) is 112 Å². The van der Waals surface area contributed by atoms with Crippen molar-refractivity contribution in [2.45, 2.75) is 129 Å². The Labute approximate surface area is 197 Å². The molecule has 0 aliphatic heterocycles. The molecule has 0 aromatic rings. The van der Waals surface area contributed by atoms with Gasteiger partial charge in [0.15, 0.2) is 0 Å². The number of fused-ring (bicyclic) bond motifs is 1. The third-order valence-corrected chi connectivity index (χ3v) is 9.35. The Hall–Kier alpha value is -0.640. The zero-order valence-corrected chi connectivity index (χ0v) is 21.4. The van der Waals surface area contributed by atoms with Gasteiger partial charge in [-0.15, -0.1) is 0 Å². The molecular formula is C29H50O3. The number of hydrogen-bond donors (Lipinski definition) is 3. The maximum absolute atomic E-state index is 10.3. The molecule has 3 rings (SSSR count). The molecule has 0 bridgehead atoms. The lowest BCUT2D eigenvalue weighted by Crippen LogP contribution is -2.41. The summed E-state index contributed by atoms with van der Waals surface area (Å²) in [7, 11) is 0. The molecule has 184 valence electrons. The molecule has 0 unspecified atom stereocenters. The topological polar surface area (TPSA) is 60.7 Å². The molecule has 3 aliphatic rings. The largest absolute Gasteiger partial charge is 0.392 e. The van der Waals surface area contributed by atoms with Crippen molar-refractivity contribution in [1.29, 1.82) is 0 Å². The SMILES string of the molecule is CC1[C@H](O)CC(=C/C=C2\CCC[C@@]3(C)[C@H]2CCCC[C@H]3[C@H](C)CCCC(C)(C)O)C[C@H]1O. The molecule has 3 nitrogen and oxygen atoms in total. The Morgan fingerprint density at radius 2 is 1.72 bits per heavy atom. The molecule has 3 saturated carbocycles. The first-order chi connectivity index (χ1) is 15.0. The first-order valence-electron chi connectivity index (χ1n) is 13.5. The molecule has 3 aliphatic carbocycles. The molecule has 3 N–H and O–H groups in total. The highest BCUT2D eigenvalue weighted by Gasteiger charge is 2.47. The Kier molecular flexibility index (Phi) is 8.72. The quantitative estimate of drug-likeness (QED) is 0.433. The minimum absolute atomic E-state index is 0.0294. The summed E-state index contributed by atoms with van der Waals surface area (Å²) in [6.45, 7) is 10.9. The third kappa shape index (κ3) is 6.27. The van der Waals surface area contributed by atoms with Crippen LogP contribution in [0.3, 0.4) is 0 Å². The molecule has 0 spiro atoms. The van der Waals surface area contributed by atoms with Gasteiger partial charge in [0, 0.05) is 5.92 Å². The molecule has 3 heteroatoms. The van der Waals surface area contributed by atoms with Gasteiger partial charge in [-0.2, -0.15) is 0 Å². The Bertz CT molecular complexity index is 658. The van der Waals surface area contributed by atoms with Gasteiger partial charge in [0.05, 0.1) is 17.8 Å². The van der Waals surface area contributed by atoms with Crippen molar-refractivity contribution in [1.82, 2.24) is 0 Å². The van der Waals surface area contributed by atoms with Gasteiger partial charge < -0.3 is 15.3 Å². The highest BCUT2D eigenvalue weighted by atomic mass is 16.3. The van der Waals surface area contributed by atoms with E-state index in [4.69, 9.17) is 0 Å². The van der Waals surface area contributed by atoms with E-state index in [1.54, 1.807) is 5.57 Å². The van der Waals surface area contributed by atoms with Gasteiger partial charge in [0.1, 0.15) is 0 Å². The van der Waals surface area contributed by atoms with E-state index in [-0.39, 0.29) is 5.92 Å². The molecule has 0 radical (unpaired) electrons. The second kappa shape index (κ2) is 10.7. The average molecular weight is 447 g/mol. The van der Waals surface area contributed by atoms with Crippen molar-refractivity contribution < 1.29 is 15.3 Å². The standard InChI is InChI=1S/C29H50O3/c1-20(10-8-16-28(3,4)32)24-12-6-7-13-25-23(11-9-17-29(24,25)5)15-14-22-18-26(30)21(2)27(31)19-22/h14-15,20-21,24-27,30-32H,6-13,16-19H2,1-5H3/b22-14?,23-15+/t20-,21?,24+,25+,26-,27-,29-/m1/s1. The lowest BCUT2D eigenvalue weighted by molar-refractivity contribution is 0.00404. The fourth-order valence-electron chi connectivity index (χ4n) is 7.25. The summed E-state index contributed by atoms with van der Waals surface area (Å²) in [5.41, 5.74) is 2.63. The van der Waals surface area contributed by atoms with Gasteiger partial charge in [-0.05, 0) is 88.4 Å². The Morgan fingerprint density at radius 3 is 2.38 bits per heavy atom. The maximum atomic E-state index is 10.3. The van der Waals surface area contributed by atoms with Crippen molar-refractivity contribution in [2.75, 3.05) is 0 Å². The summed E-state index contributed by atoms with van der Waals surface area (Å²) in [5, 5.41) is 30.7. The zero-order chi connectivity index (χ0) is 23.5. The van der Waals surface area contributed by atoms with Crippen LogP contribution in [0.5, 0.6) is 0 Å². The molecule has 0 saturated heterocycles. The maximum Gasteiger partial charge on any atom is 0.0627 e. The van der Waals surface area contributed by atoms with Gasteiger partial charge in [0.25, 0.3) is 0 Å². The number of aliphatic hydroxyl groups is 3. The van der Waals surface area contributed by atoms with E-state index in [2.05, 4.69) is 26.0 Å². The highest BCUT2D eigenvalue weighted by Crippen LogP contribution is 2.56. The van der Waals surface area contributed by atoms with E-state index in [1.165, 1.54) is 56.9 Å². The van der Waals surface area contributed by atoms with Gasteiger partial charge >= 0.3 is 0 Å². The third-order valence-electron chi connectivity index (χ3n) is 9.35. The Balaban J connectivity index is 1.75. The van der Waals surface area contributed by atoms with E-state index in [9.17, 15) is 15.3 Å². The molecule has 0 amide bonds. The van der Waals surface area contributed by atoms with Crippen LogP contribution >= 0.6 is 0 Å². The van der Waals surface area contributed by atoms with Crippen LogP contribution in [0.15, 0.2) is 23.3 Å². The normalized spacial score (nSPS) is 38.8. The zero-order valence-electron chi connectivity index (χ0n) is 21.4. The molecule has 0 heterocycles. The number of hydrogen-bond acceptors (Lipinski definition) is 3. The lowest BCUT2D eigenvalue weighted by atomic mass is 9.55. The van der Waals surface area contributed by atoms with Crippen LogP contribution in [-0.2, 0) is 0 Å². The Morgan fingerprint density at radius 1 is 1.06 bits per heavy atom. The first kappa shape index (κ1) is 26.0. The molecular weight excluding hydrogens is 396 g/mol. The highest BCUT2D eigenvalue weighted by molar-refractivity contribution is 5.25. The van der Waals surface area contributed by atoms with Gasteiger partial charge in [-0.25, -0.2) is 0 Å². The van der Waals surface area contributed by atoms with Gasteiger partial charge in [-0.3, -0.25) is 0 Å². The molecule has 0 aromatic carbocycles. The van der Waals surface area contributed by atoms with Crippen molar-refractivity contribution in [2.24, 2.45) is 29.1 Å². The van der Waals surface area contributed by atoms with Gasteiger partial charge in [0.2, 0.25) is 0 Å². The lowest BCUT2D eigenvalue weighted by Gasteiger charge is -2.49. The van der Waals surface area contributed by atoms with Crippen LogP contribution in [0, 0.1) is 29.1 Å². The summed E-state index contributed by atoms with van der Waals surface area (Å²) >= 11 is 0. The van der Waals surface area contributed by atoms with Crippen LogP contribution in [0.25, 0.3) is 0 Å². The molecule has 6 atom stereocenters. The van der Waals surface area contributed by atoms with Crippen molar-refractivity contribution in [3.63, 3.8) is 0 Å². The van der Waals surface area contributed by atoms with Crippen molar-refractivity contribution in [3.8, 4) is 0 Å². The van der Waals surface area contributed by atoms with E-state index < -0.39 is 17.8 Å². The second-order valence-electron chi connectivity index (χ2n) is 12.5. The summed E-state index contributed by atoms with van der Waals surface area (Å²) in [5.74, 6) is 2.09. The summed E-state index contributed by atoms with van der Waals surface area (Å²) < 4.78 is 0. The number of rotatable bonds is 6. The van der Waals surface area contributed by atoms with E-state index in [0.29, 0.717) is 30.1 Å².